The molecule has 1 N–H and O–H groups in total. The van der Waals surface area contributed by atoms with Crippen molar-refractivity contribution in [2.24, 2.45) is 0 Å². The summed E-state index contributed by atoms with van der Waals surface area (Å²) >= 11 is 1.51. The number of nitrogens with zero attached hydrogens (tertiary/aromatic N) is 1. The molecule has 1 fully saturated rings. The molecule has 0 bridgehead atoms. The average molecular weight is 489 g/mol. The highest BCUT2D eigenvalue weighted by atomic mass is 32.2. The summed E-state index contributed by atoms with van der Waals surface area (Å²) < 4.78 is 46.9. The van der Waals surface area contributed by atoms with Crippen LogP contribution < -0.4 is 5.32 Å². The van der Waals surface area contributed by atoms with Gasteiger partial charge in [-0.2, -0.15) is 4.31 Å². The number of nitrogens with one attached hydrogen (secondary N) is 1. The molecule has 2 aromatic carbocycles. The van der Waals surface area contributed by atoms with Crippen LogP contribution in [-0.4, -0.2) is 44.9 Å². The molecule has 1 aromatic heterocycles. The van der Waals surface area contributed by atoms with Crippen LogP contribution in [0.5, 0.6) is 0 Å². The number of sulfonamides is 1. The van der Waals surface area contributed by atoms with Gasteiger partial charge in [0.2, 0.25) is 10.0 Å². The highest BCUT2D eigenvalue weighted by molar-refractivity contribution is 7.89. The molecule has 1 unspecified atom stereocenters. The average Bonchev–Trinajstić information content (AvgIpc) is 3.38. The first-order valence-corrected chi connectivity index (χ1v) is 13.0. The van der Waals surface area contributed by atoms with E-state index < -0.39 is 32.7 Å². The molecular weight excluding hydrogens is 463 g/mol. The molecule has 1 aliphatic heterocycles. The van der Waals surface area contributed by atoms with Crippen LogP contribution >= 0.6 is 11.3 Å². The maximum absolute atomic E-state index is 14.5. The molecule has 1 aliphatic rings. The molecule has 0 spiro atoms. The number of halogens is 1. The highest BCUT2D eigenvalue weighted by Gasteiger charge is 2.30. The number of carbonyl (C=O) groups excluding carboxylic acids is 1. The number of rotatable bonds is 7. The van der Waals surface area contributed by atoms with Crippen molar-refractivity contribution in [2.75, 3.05) is 26.3 Å². The minimum Gasteiger partial charge on any atom is -0.379 e. The molecule has 4 rings (SSSR count). The minimum atomic E-state index is -4.08. The van der Waals surface area contributed by atoms with Gasteiger partial charge in [-0.25, -0.2) is 12.8 Å². The lowest BCUT2D eigenvalue weighted by molar-refractivity contribution is 0.0729. The summed E-state index contributed by atoms with van der Waals surface area (Å²) in [7, 11) is -4.08. The zero-order chi connectivity index (χ0) is 23.4. The summed E-state index contributed by atoms with van der Waals surface area (Å²) in [6.45, 7) is 2.87. The Morgan fingerprint density at radius 3 is 2.52 bits per heavy atom. The number of thiophene rings is 1. The number of hydrogen-bond donors (Lipinski definition) is 1. The molecular formula is C24H25FN2O4S2. The first kappa shape index (κ1) is 23.6. The van der Waals surface area contributed by atoms with Crippen molar-refractivity contribution in [3.05, 3.63) is 87.4 Å². The topological polar surface area (TPSA) is 75.7 Å². The molecule has 6 nitrogen and oxygen atoms in total. The van der Waals surface area contributed by atoms with Crippen molar-refractivity contribution in [3.8, 4) is 0 Å². The maximum atomic E-state index is 14.5. The monoisotopic (exact) mass is 488 g/mol. The molecule has 1 atom stereocenters. The summed E-state index contributed by atoms with van der Waals surface area (Å²) in [5, 5.41) is 4.92. The summed E-state index contributed by atoms with van der Waals surface area (Å²) in [6.07, 6.45) is 0.909. The van der Waals surface area contributed by atoms with Gasteiger partial charge in [0.25, 0.3) is 5.91 Å². The van der Waals surface area contributed by atoms with Crippen LogP contribution in [0.15, 0.2) is 64.9 Å². The molecule has 2 heterocycles. The second-order valence-corrected chi connectivity index (χ2v) is 10.6. The van der Waals surface area contributed by atoms with Crippen LogP contribution in [-0.2, 0) is 21.2 Å². The van der Waals surface area contributed by atoms with Crippen molar-refractivity contribution >= 4 is 27.3 Å². The molecule has 9 heteroatoms. The SMILES string of the molecule is CCc1ccc(C(NC(=O)c2ccc(F)c(S(=O)(=O)N3CCOCC3)c2)c2cccs2)cc1. The first-order chi connectivity index (χ1) is 15.9. The lowest BCUT2D eigenvalue weighted by atomic mass is 10.0. The maximum Gasteiger partial charge on any atom is 0.252 e. The standard InChI is InChI=1S/C24H25FN2O4S2/c1-2-17-5-7-18(8-6-17)23(21-4-3-15-32-21)26-24(28)19-9-10-20(25)22(16-19)33(29,30)27-11-13-31-14-12-27/h3-10,15-16,23H,2,11-14H2,1H3,(H,26,28). The first-order valence-electron chi connectivity index (χ1n) is 10.7. The van der Waals surface area contributed by atoms with Crippen LogP contribution in [0.2, 0.25) is 0 Å². The van der Waals surface area contributed by atoms with Crippen molar-refractivity contribution in [3.63, 3.8) is 0 Å². The Morgan fingerprint density at radius 2 is 1.88 bits per heavy atom. The smallest absolute Gasteiger partial charge is 0.252 e. The fraction of sp³-hybridized carbons (Fsp3) is 0.292. The van der Waals surface area contributed by atoms with Crippen LogP contribution in [0, 0.1) is 5.82 Å². The van der Waals surface area contributed by atoms with Crippen LogP contribution in [0.25, 0.3) is 0 Å². The largest absolute Gasteiger partial charge is 0.379 e. The summed E-state index contributed by atoms with van der Waals surface area (Å²) in [5.41, 5.74) is 2.17. The fourth-order valence-electron chi connectivity index (χ4n) is 3.70. The van der Waals surface area contributed by atoms with Gasteiger partial charge in [0.05, 0.1) is 19.3 Å². The molecule has 1 amide bonds. The molecule has 0 aliphatic carbocycles. The zero-order valence-electron chi connectivity index (χ0n) is 18.2. The van der Waals surface area contributed by atoms with Crippen molar-refractivity contribution in [1.29, 1.82) is 0 Å². The molecule has 33 heavy (non-hydrogen) atoms. The summed E-state index contributed by atoms with van der Waals surface area (Å²) in [4.78, 5) is 13.6. The second kappa shape index (κ2) is 10.1. The van der Waals surface area contributed by atoms with Crippen LogP contribution in [0.4, 0.5) is 4.39 Å². The van der Waals surface area contributed by atoms with E-state index in [1.165, 1.54) is 27.3 Å². The lowest BCUT2D eigenvalue weighted by Gasteiger charge is -2.26. The van der Waals surface area contributed by atoms with Gasteiger partial charge >= 0.3 is 0 Å². The number of aryl methyl sites for hydroxylation is 1. The number of morpholine rings is 1. The number of hydrogen-bond acceptors (Lipinski definition) is 5. The molecule has 1 saturated heterocycles. The van der Waals surface area contributed by atoms with Crippen LogP contribution in [0.1, 0.15) is 39.3 Å². The second-order valence-electron chi connectivity index (χ2n) is 7.68. The van der Waals surface area contributed by atoms with E-state index in [1.54, 1.807) is 0 Å². The van der Waals surface area contributed by atoms with Gasteiger partial charge in [0.1, 0.15) is 10.7 Å². The van der Waals surface area contributed by atoms with E-state index in [0.29, 0.717) is 0 Å². The predicted octanol–water partition coefficient (Wildman–Crippen LogP) is 3.99. The van der Waals surface area contributed by atoms with Gasteiger partial charge in [0.15, 0.2) is 0 Å². The summed E-state index contributed by atoms with van der Waals surface area (Å²) in [5.74, 6) is -1.37. The molecule has 3 aromatic rings. The minimum absolute atomic E-state index is 0.0787. The van der Waals surface area contributed by atoms with Gasteiger partial charge in [-0.05, 0) is 47.2 Å². The third-order valence-corrected chi connectivity index (χ3v) is 8.46. The van der Waals surface area contributed by atoms with Crippen LogP contribution in [0.3, 0.4) is 0 Å². The van der Waals surface area contributed by atoms with Gasteiger partial charge < -0.3 is 10.1 Å². The van der Waals surface area contributed by atoms with Crippen molar-refractivity contribution in [1.82, 2.24) is 9.62 Å². The Morgan fingerprint density at radius 1 is 1.15 bits per heavy atom. The number of amides is 1. The van der Waals surface area contributed by atoms with E-state index in [4.69, 9.17) is 4.74 Å². The Bertz CT molecular complexity index is 1210. The highest BCUT2D eigenvalue weighted by Crippen LogP contribution is 2.28. The fourth-order valence-corrected chi connectivity index (χ4v) is 6.00. The quantitative estimate of drug-likeness (QED) is 0.546. The van der Waals surface area contributed by atoms with E-state index in [-0.39, 0.29) is 31.9 Å². The third kappa shape index (κ3) is 5.16. The molecule has 0 saturated carbocycles. The molecule has 0 radical (unpaired) electrons. The number of ether oxygens (including phenoxy) is 1. The normalized spacial score (nSPS) is 15.8. The Kier molecular flexibility index (Phi) is 7.23. The Balaban J connectivity index is 1.63. The van der Waals surface area contributed by atoms with Crippen molar-refractivity contribution < 1.29 is 22.3 Å². The number of benzene rings is 2. The predicted molar refractivity (Wildman–Crippen MR) is 125 cm³/mol. The van der Waals surface area contributed by atoms with Gasteiger partial charge in [-0.3, -0.25) is 4.79 Å². The Hall–Kier alpha value is -2.59. The van der Waals surface area contributed by atoms with E-state index in [0.717, 1.165) is 29.0 Å². The number of carbonyl (C=O) groups is 1. The van der Waals surface area contributed by atoms with E-state index in [2.05, 4.69) is 12.2 Å². The summed E-state index contributed by atoms with van der Waals surface area (Å²) in [6, 6.07) is 14.9. The van der Waals surface area contributed by atoms with Gasteiger partial charge in [-0.1, -0.05) is 37.3 Å². The van der Waals surface area contributed by atoms with E-state index >= 15 is 0 Å². The molecule has 174 valence electrons. The van der Waals surface area contributed by atoms with Crippen molar-refractivity contribution in [2.45, 2.75) is 24.3 Å². The Labute approximate surface area is 197 Å². The lowest BCUT2D eigenvalue weighted by Crippen LogP contribution is -2.41. The van der Waals surface area contributed by atoms with Gasteiger partial charge in [0, 0.05) is 23.5 Å². The van der Waals surface area contributed by atoms with E-state index in [1.807, 2.05) is 41.8 Å². The van der Waals surface area contributed by atoms with E-state index in [9.17, 15) is 17.6 Å². The third-order valence-electron chi connectivity index (χ3n) is 5.61. The van der Waals surface area contributed by atoms with Gasteiger partial charge in [-0.15, -0.1) is 11.3 Å². The zero-order valence-corrected chi connectivity index (χ0v) is 19.8.